The van der Waals surface area contributed by atoms with Crippen LogP contribution in [-0.2, 0) is 0 Å². The van der Waals surface area contributed by atoms with E-state index in [4.69, 9.17) is 0 Å². The van der Waals surface area contributed by atoms with Gasteiger partial charge < -0.3 is 0 Å². The predicted molar refractivity (Wildman–Crippen MR) is 129 cm³/mol. The third-order valence-electron chi connectivity index (χ3n) is 15.4. The molecule has 0 saturated heterocycles. The molecule has 0 aromatic heterocycles. The molecule has 2 spiro atoms. The highest BCUT2D eigenvalue weighted by atomic mass is 14.9. The summed E-state index contributed by atoms with van der Waals surface area (Å²) in [5.41, 5.74) is 2.78. The van der Waals surface area contributed by atoms with Gasteiger partial charge in [-0.2, -0.15) is 0 Å². The molecule has 172 valence electrons. The Morgan fingerprint density at radius 3 is 1.97 bits per heavy atom. The van der Waals surface area contributed by atoms with E-state index in [1.165, 1.54) is 25.7 Å². The van der Waals surface area contributed by atoms with E-state index in [1.807, 2.05) is 0 Å². The molecule has 6 bridgehead atoms. The third-order valence-corrected chi connectivity index (χ3v) is 15.4. The second-order valence-corrected chi connectivity index (χ2v) is 14.9. The van der Waals surface area contributed by atoms with E-state index < -0.39 is 0 Å². The van der Waals surface area contributed by atoms with E-state index in [0.29, 0.717) is 32.5 Å². The van der Waals surface area contributed by atoms with Crippen molar-refractivity contribution < 1.29 is 0 Å². The lowest BCUT2D eigenvalue weighted by Gasteiger charge is -2.77. The van der Waals surface area contributed by atoms with Crippen LogP contribution in [-0.4, -0.2) is 0 Å². The van der Waals surface area contributed by atoms with Gasteiger partial charge >= 0.3 is 0 Å². The molecule has 0 heteroatoms. The normalized spacial score (nSPS) is 65.3. The maximum atomic E-state index is 2.88. The van der Waals surface area contributed by atoms with Gasteiger partial charge in [-0.25, -0.2) is 0 Å². The van der Waals surface area contributed by atoms with Crippen molar-refractivity contribution in [1.29, 1.82) is 0 Å². The topological polar surface area (TPSA) is 0 Å². The first-order valence-corrected chi connectivity index (χ1v) is 13.7. The molecular formula is C30H52. The van der Waals surface area contributed by atoms with Crippen LogP contribution in [0.2, 0.25) is 0 Å². The average Bonchev–Trinajstić information content (AvgIpc) is 2.95. The molecule has 0 aromatic rings. The van der Waals surface area contributed by atoms with Crippen molar-refractivity contribution in [3.8, 4) is 0 Å². The second kappa shape index (κ2) is 5.55. The number of rotatable bonds is 2. The van der Waals surface area contributed by atoms with Crippen molar-refractivity contribution in [2.75, 3.05) is 0 Å². The zero-order chi connectivity index (χ0) is 22.4. The van der Waals surface area contributed by atoms with Gasteiger partial charge in [0.1, 0.15) is 0 Å². The molecule has 0 nitrogen and oxygen atoms in total. The molecular weight excluding hydrogens is 360 g/mol. The van der Waals surface area contributed by atoms with Crippen molar-refractivity contribution in [3.05, 3.63) is 0 Å². The Morgan fingerprint density at radius 2 is 1.43 bits per heavy atom. The summed E-state index contributed by atoms with van der Waals surface area (Å²) in [7, 11) is 0. The molecule has 7 fully saturated rings. The van der Waals surface area contributed by atoms with Crippen LogP contribution in [0.5, 0.6) is 0 Å². The van der Waals surface area contributed by atoms with Crippen molar-refractivity contribution in [1.82, 2.24) is 0 Å². The number of fused-ring (bicyclic) bond motifs is 3. The lowest BCUT2D eigenvalue weighted by Crippen LogP contribution is -2.73. The lowest BCUT2D eigenvalue weighted by atomic mass is 9.27. The van der Waals surface area contributed by atoms with E-state index in [2.05, 4.69) is 83.1 Å². The third kappa shape index (κ3) is 1.57. The molecule has 12 unspecified atom stereocenters. The summed E-state index contributed by atoms with van der Waals surface area (Å²) in [5, 5.41) is 0. The van der Waals surface area contributed by atoms with Crippen LogP contribution in [0.25, 0.3) is 0 Å². The van der Waals surface area contributed by atoms with Gasteiger partial charge in [-0.15, -0.1) is 0 Å². The van der Waals surface area contributed by atoms with E-state index in [0.717, 1.165) is 47.3 Å². The van der Waals surface area contributed by atoms with E-state index in [1.54, 1.807) is 0 Å². The van der Waals surface area contributed by atoms with Crippen LogP contribution in [0.3, 0.4) is 0 Å². The summed E-state index contributed by atoms with van der Waals surface area (Å²) in [4.78, 5) is 0. The average molecular weight is 413 g/mol. The first kappa shape index (κ1) is 21.8. The number of hydrogen-bond acceptors (Lipinski definition) is 0. The molecule has 0 heterocycles. The zero-order valence-electron chi connectivity index (χ0n) is 22.4. The van der Waals surface area contributed by atoms with Crippen LogP contribution < -0.4 is 0 Å². The highest BCUT2D eigenvalue weighted by Crippen LogP contribution is 2.96. The largest absolute Gasteiger partial charge is 0.0651 e. The summed E-state index contributed by atoms with van der Waals surface area (Å²) in [6, 6.07) is 0. The van der Waals surface area contributed by atoms with E-state index in [-0.39, 0.29) is 0 Å². The SMILES string of the molecule is CCC1C2(C)CC34C(C)CC5CC3C(C)C(C)(C)C(C)(C5(C)C(C)C)C14C(C)C2C. The molecule has 7 saturated carbocycles. The van der Waals surface area contributed by atoms with Gasteiger partial charge in [-0.3, -0.25) is 0 Å². The van der Waals surface area contributed by atoms with Crippen molar-refractivity contribution in [3.63, 3.8) is 0 Å². The Kier molecular flexibility index (Phi) is 4.04. The summed E-state index contributed by atoms with van der Waals surface area (Å²) < 4.78 is 0. The Bertz CT molecular complexity index is 762. The van der Waals surface area contributed by atoms with Crippen LogP contribution in [0, 0.1) is 79.8 Å². The van der Waals surface area contributed by atoms with Crippen molar-refractivity contribution in [2.24, 2.45) is 79.8 Å². The molecule has 7 aliphatic rings. The van der Waals surface area contributed by atoms with Gasteiger partial charge in [0.25, 0.3) is 0 Å². The summed E-state index contributed by atoms with van der Waals surface area (Å²) in [6.07, 6.45) is 5.95. The van der Waals surface area contributed by atoms with Crippen LogP contribution in [0.4, 0.5) is 0 Å². The lowest BCUT2D eigenvalue weighted by molar-refractivity contribution is -0.304. The first-order valence-electron chi connectivity index (χ1n) is 13.7. The smallest absolute Gasteiger partial charge is 0.0109 e. The fourth-order valence-corrected chi connectivity index (χ4v) is 13.9. The maximum Gasteiger partial charge on any atom is -0.0109 e. The molecule has 30 heavy (non-hydrogen) atoms. The van der Waals surface area contributed by atoms with E-state index >= 15 is 0 Å². The van der Waals surface area contributed by atoms with Crippen LogP contribution >= 0.6 is 0 Å². The van der Waals surface area contributed by atoms with Gasteiger partial charge in [0.2, 0.25) is 0 Å². The highest BCUT2D eigenvalue weighted by molar-refractivity contribution is 5.38. The Morgan fingerprint density at radius 1 is 0.833 bits per heavy atom. The fourth-order valence-electron chi connectivity index (χ4n) is 13.9. The molecule has 0 aliphatic heterocycles. The van der Waals surface area contributed by atoms with Crippen molar-refractivity contribution in [2.45, 2.75) is 109 Å². The zero-order valence-corrected chi connectivity index (χ0v) is 22.4. The Hall–Kier alpha value is 0. The molecule has 0 N–H and O–H groups in total. The highest BCUT2D eigenvalue weighted by Gasteiger charge is 2.91. The molecule has 0 aromatic carbocycles. The van der Waals surface area contributed by atoms with Gasteiger partial charge in [0.15, 0.2) is 0 Å². The predicted octanol–water partition coefficient (Wildman–Crippen LogP) is 8.70. The standard InChI is InChI=1S/C30H52/c1-13-24-26(10)16-29-18(4)14-22-15-23(29)21(7)25(8,9)28(12,27(22,11)17(2)3)30(24,29)20(6)19(26)5/h17-24H,13-16H2,1-12H3. The molecule has 0 radical (unpaired) electrons. The van der Waals surface area contributed by atoms with Crippen LogP contribution in [0.15, 0.2) is 0 Å². The Labute approximate surface area is 188 Å². The monoisotopic (exact) mass is 412 g/mol. The van der Waals surface area contributed by atoms with Gasteiger partial charge in [-0.1, -0.05) is 89.5 Å². The van der Waals surface area contributed by atoms with Crippen LogP contribution in [0.1, 0.15) is 109 Å². The minimum Gasteiger partial charge on any atom is -0.0651 e. The minimum absolute atomic E-state index is 0.381. The summed E-state index contributed by atoms with van der Waals surface area (Å²) in [5.74, 6) is 6.92. The first-order chi connectivity index (χ1) is 13.7. The van der Waals surface area contributed by atoms with Crippen molar-refractivity contribution >= 4 is 0 Å². The maximum absolute atomic E-state index is 2.88. The Balaban J connectivity index is 2.00. The second-order valence-electron chi connectivity index (χ2n) is 14.9. The quantitative estimate of drug-likeness (QED) is 0.425. The van der Waals surface area contributed by atoms with E-state index in [9.17, 15) is 0 Å². The molecule has 7 rings (SSSR count). The molecule has 12 atom stereocenters. The molecule has 0 amide bonds. The fraction of sp³-hybridized carbons (Fsp3) is 1.00. The van der Waals surface area contributed by atoms with Gasteiger partial charge in [0.05, 0.1) is 0 Å². The van der Waals surface area contributed by atoms with Gasteiger partial charge in [0, 0.05) is 0 Å². The summed E-state index contributed by atoms with van der Waals surface area (Å²) >= 11 is 0. The van der Waals surface area contributed by atoms with Gasteiger partial charge in [-0.05, 0) is 99.1 Å². The minimum atomic E-state index is 0.381. The summed E-state index contributed by atoms with van der Waals surface area (Å²) in [6.45, 7) is 32.5. The number of hydrogen-bond donors (Lipinski definition) is 0. The molecule has 7 aliphatic carbocycles.